The Morgan fingerprint density at radius 3 is 2.50 bits per heavy atom. The van der Waals surface area contributed by atoms with Crippen molar-refractivity contribution in [3.63, 3.8) is 0 Å². The van der Waals surface area contributed by atoms with E-state index in [0.717, 1.165) is 0 Å². The van der Waals surface area contributed by atoms with Crippen molar-refractivity contribution < 1.29 is 0 Å². The highest BCUT2D eigenvalue weighted by Crippen LogP contribution is 2.41. The van der Waals surface area contributed by atoms with Gasteiger partial charge in [-0.2, -0.15) is 0 Å². The summed E-state index contributed by atoms with van der Waals surface area (Å²) < 4.78 is 0. The lowest BCUT2D eigenvalue weighted by Crippen LogP contribution is -2.19. The van der Waals surface area contributed by atoms with Gasteiger partial charge < -0.3 is 5.73 Å². The Morgan fingerprint density at radius 2 is 1.70 bits per heavy atom. The molecule has 1 heteroatoms. The molecule has 0 saturated heterocycles. The maximum atomic E-state index is 6.63. The van der Waals surface area contributed by atoms with E-state index in [9.17, 15) is 0 Å². The number of hydrogen-bond donors (Lipinski definition) is 1. The number of aryl methyl sites for hydroxylation is 4. The summed E-state index contributed by atoms with van der Waals surface area (Å²) >= 11 is 0. The summed E-state index contributed by atoms with van der Waals surface area (Å²) in [5, 5.41) is 0. The van der Waals surface area contributed by atoms with Crippen LogP contribution in [0, 0.1) is 20.8 Å². The summed E-state index contributed by atoms with van der Waals surface area (Å²) in [7, 11) is 0. The van der Waals surface area contributed by atoms with Gasteiger partial charge in [-0.05, 0) is 67.0 Å². The van der Waals surface area contributed by atoms with Gasteiger partial charge in [-0.25, -0.2) is 0 Å². The fraction of sp³-hybridized carbons (Fsp3) is 0.368. The molecule has 0 fully saturated rings. The smallest absolute Gasteiger partial charge is 0.0367 e. The van der Waals surface area contributed by atoms with Crippen LogP contribution in [0.25, 0.3) is 0 Å². The fourth-order valence-corrected chi connectivity index (χ4v) is 3.52. The molecule has 20 heavy (non-hydrogen) atoms. The first-order chi connectivity index (χ1) is 9.58. The van der Waals surface area contributed by atoms with Crippen molar-refractivity contribution >= 4 is 0 Å². The molecule has 0 saturated carbocycles. The molecule has 0 aliphatic heterocycles. The second kappa shape index (κ2) is 5.06. The van der Waals surface area contributed by atoms with Crippen LogP contribution in [0.1, 0.15) is 51.8 Å². The van der Waals surface area contributed by atoms with Crippen molar-refractivity contribution in [1.82, 2.24) is 0 Å². The molecular formula is C19H23N. The number of fused-ring (bicyclic) bond motifs is 1. The highest BCUT2D eigenvalue weighted by Gasteiger charge is 2.29. The van der Waals surface area contributed by atoms with Crippen LogP contribution >= 0.6 is 0 Å². The van der Waals surface area contributed by atoms with Gasteiger partial charge in [-0.3, -0.25) is 0 Å². The maximum absolute atomic E-state index is 6.63. The molecule has 1 nitrogen and oxygen atoms in total. The Kier molecular flexibility index (Phi) is 3.39. The number of nitrogens with two attached hydrogens (primary N) is 1. The van der Waals surface area contributed by atoms with Crippen LogP contribution in [0.2, 0.25) is 0 Å². The van der Waals surface area contributed by atoms with Gasteiger partial charge in [0.05, 0.1) is 0 Å². The van der Waals surface area contributed by atoms with Crippen LogP contribution in [-0.2, 0) is 6.42 Å². The first-order valence-corrected chi connectivity index (χ1v) is 7.49. The molecule has 2 aromatic carbocycles. The molecule has 0 spiro atoms. The van der Waals surface area contributed by atoms with Gasteiger partial charge >= 0.3 is 0 Å². The lowest BCUT2D eigenvalue weighted by molar-refractivity contribution is 0.548. The highest BCUT2D eigenvalue weighted by molar-refractivity contribution is 5.42. The molecule has 2 aromatic rings. The second-order valence-electron chi connectivity index (χ2n) is 6.16. The van der Waals surface area contributed by atoms with Crippen LogP contribution in [0.5, 0.6) is 0 Å². The lowest BCUT2D eigenvalue weighted by atomic mass is 9.85. The van der Waals surface area contributed by atoms with Crippen molar-refractivity contribution in [3.8, 4) is 0 Å². The third-order valence-electron chi connectivity index (χ3n) is 4.85. The van der Waals surface area contributed by atoms with Gasteiger partial charge in [0.15, 0.2) is 0 Å². The van der Waals surface area contributed by atoms with E-state index in [1.54, 1.807) is 0 Å². The van der Waals surface area contributed by atoms with Crippen LogP contribution < -0.4 is 5.73 Å². The highest BCUT2D eigenvalue weighted by atomic mass is 14.7. The van der Waals surface area contributed by atoms with E-state index in [-0.39, 0.29) is 6.04 Å². The van der Waals surface area contributed by atoms with Crippen LogP contribution in [0.4, 0.5) is 0 Å². The van der Waals surface area contributed by atoms with Gasteiger partial charge in [-0.15, -0.1) is 0 Å². The average molecular weight is 265 g/mol. The molecule has 2 unspecified atom stereocenters. The molecule has 3 rings (SSSR count). The largest absolute Gasteiger partial charge is 0.323 e. The Hall–Kier alpha value is -1.60. The lowest BCUT2D eigenvalue weighted by Gasteiger charge is -2.23. The third kappa shape index (κ3) is 2.16. The zero-order valence-electron chi connectivity index (χ0n) is 12.6. The monoisotopic (exact) mass is 265 g/mol. The molecule has 0 bridgehead atoms. The number of rotatable bonds is 2. The molecule has 0 amide bonds. The Bertz CT molecular complexity index is 642. The van der Waals surface area contributed by atoms with Gasteiger partial charge in [0, 0.05) is 12.0 Å². The number of benzene rings is 2. The van der Waals surface area contributed by atoms with Gasteiger partial charge in [0.25, 0.3) is 0 Å². The van der Waals surface area contributed by atoms with Gasteiger partial charge in [0.2, 0.25) is 0 Å². The summed E-state index contributed by atoms with van der Waals surface area (Å²) in [6.45, 7) is 6.53. The molecule has 2 N–H and O–H groups in total. The molecule has 0 aromatic heterocycles. The van der Waals surface area contributed by atoms with E-state index < -0.39 is 0 Å². The van der Waals surface area contributed by atoms with Crippen molar-refractivity contribution in [3.05, 3.63) is 69.8 Å². The van der Waals surface area contributed by atoms with E-state index in [1.807, 2.05) is 0 Å². The SMILES string of the molecule is Cc1cc(C)c(C(N)C2CCc3ccccc32)cc1C. The molecule has 1 aliphatic carbocycles. The summed E-state index contributed by atoms with van der Waals surface area (Å²) in [6, 6.07) is 13.4. The molecular weight excluding hydrogens is 242 g/mol. The first-order valence-electron chi connectivity index (χ1n) is 7.49. The molecule has 2 atom stereocenters. The summed E-state index contributed by atoms with van der Waals surface area (Å²) in [4.78, 5) is 0. The molecule has 1 aliphatic rings. The Morgan fingerprint density at radius 1 is 1.00 bits per heavy atom. The summed E-state index contributed by atoms with van der Waals surface area (Å²) in [5.41, 5.74) is 14.9. The summed E-state index contributed by atoms with van der Waals surface area (Å²) in [6.07, 6.45) is 2.34. The second-order valence-corrected chi connectivity index (χ2v) is 6.16. The van der Waals surface area contributed by atoms with Crippen molar-refractivity contribution in [2.24, 2.45) is 5.73 Å². The molecule has 0 radical (unpaired) electrons. The van der Waals surface area contributed by atoms with Crippen molar-refractivity contribution in [2.45, 2.75) is 45.6 Å². The summed E-state index contributed by atoms with van der Waals surface area (Å²) in [5.74, 6) is 0.465. The standard InChI is InChI=1S/C19H23N/c1-12-10-14(3)18(11-13(12)2)19(20)17-9-8-15-6-4-5-7-16(15)17/h4-7,10-11,17,19H,8-9,20H2,1-3H3. The van der Waals surface area contributed by atoms with Crippen molar-refractivity contribution in [1.29, 1.82) is 0 Å². The predicted molar refractivity (Wildman–Crippen MR) is 85.1 cm³/mol. The Labute approximate surface area is 121 Å². The predicted octanol–water partition coefficient (Wildman–Crippen LogP) is 4.34. The fourth-order valence-electron chi connectivity index (χ4n) is 3.52. The minimum Gasteiger partial charge on any atom is -0.323 e. The minimum atomic E-state index is 0.109. The number of hydrogen-bond acceptors (Lipinski definition) is 1. The molecule has 0 heterocycles. The third-order valence-corrected chi connectivity index (χ3v) is 4.85. The maximum Gasteiger partial charge on any atom is 0.0367 e. The first kappa shape index (κ1) is 13.4. The van der Waals surface area contributed by atoms with E-state index in [2.05, 4.69) is 57.2 Å². The van der Waals surface area contributed by atoms with Crippen LogP contribution in [-0.4, -0.2) is 0 Å². The van der Waals surface area contributed by atoms with Crippen LogP contribution in [0.15, 0.2) is 36.4 Å². The van der Waals surface area contributed by atoms with E-state index in [4.69, 9.17) is 5.73 Å². The van der Waals surface area contributed by atoms with Gasteiger partial charge in [-0.1, -0.05) is 36.4 Å². The normalized spacial score (nSPS) is 18.9. The quantitative estimate of drug-likeness (QED) is 0.858. The van der Waals surface area contributed by atoms with E-state index in [0.29, 0.717) is 5.92 Å². The zero-order valence-corrected chi connectivity index (χ0v) is 12.6. The van der Waals surface area contributed by atoms with Crippen LogP contribution in [0.3, 0.4) is 0 Å². The Balaban J connectivity index is 1.98. The van der Waals surface area contributed by atoms with Crippen molar-refractivity contribution in [2.75, 3.05) is 0 Å². The zero-order chi connectivity index (χ0) is 14.3. The van der Waals surface area contributed by atoms with E-state index >= 15 is 0 Å². The minimum absolute atomic E-state index is 0.109. The van der Waals surface area contributed by atoms with Gasteiger partial charge in [0.1, 0.15) is 0 Å². The van der Waals surface area contributed by atoms with E-state index in [1.165, 1.54) is 46.2 Å². The topological polar surface area (TPSA) is 26.0 Å². The molecule has 104 valence electrons. The average Bonchev–Trinajstić information content (AvgIpc) is 2.86.